The molecule has 1 aliphatic rings. The number of hydrogen-bond donors (Lipinski definition) is 4. The van der Waals surface area contributed by atoms with E-state index in [1.54, 1.807) is 0 Å². The molecule has 0 amide bonds. The van der Waals surface area contributed by atoms with Crippen LogP contribution in [0.5, 0.6) is 6.01 Å². The van der Waals surface area contributed by atoms with Gasteiger partial charge in [-0.15, -0.1) is 5.10 Å². The van der Waals surface area contributed by atoms with E-state index in [4.69, 9.17) is 15.2 Å². The van der Waals surface area contributed by atoms with Gasteiger partial charge in [-0.1, -0.05) is 30.3 Å². The van der Waals surface area contributed by atoms with Crippen LogP contribution in [0.25, 0.3) is 11.2 Å². The lowest BCUT2D eigenvalue weighted by Gasteiger charge is -2.18. The van der Waals surface area contributed by atoms with E-state index >= 15 is 0 Å². The highest BCUT2D eigenvalue weighted by molar-refractivity contribution is 5.82. The van der Waals surface area contributed by atoms with Crippen molar-refractivity contribution >= 4 is 17.0 Å². The largest absolute Gasteiger partial charge is 0.457 e. The SMILES string of the molecule is CCn1nnnc1[C@H]1O[C@@H](n2cnc3c(N)nc(O[C@H](CO)Cc4ccccc4)nc32)[C@@H](O)C1O. The minimum Gasteiger partial charge on any atom is -0.457 e. The van der Waals surface area contributed by atoms with Gasteiger partial charge in [-0.3, -0.25) is 4.57 Å². The molecule has 3 aromatic heterocycles. The zero-order valence-electron chi connectivity index (χ0n) is 18.8. The summed E-state index contributed by atoms with van der Waals surface area (Å²) < 4.78 is 14.7. The minimum absolute atomic E-state index is 0.0552. The minimum atomic E-state index is -1.33. The van der Waals surface area contributed by atoms with Crippen LogP contribution in [-0.4, -0.2) is 80.0 Å². The van der Waals surface area contributed by atoms with Gasteiger partial charge in [-0.2, -0.15) is 9.97 Å². The average Bonchev–Trinajstić information content (AvgIpc) is 3.57. The van der Waals surface area contributed by atoms with Crippen molar-refractivity contribution in [2.24, 2.45) is 0 Å². The van der Waals surface area contributed by atoms with Crippen LogP contribution in [0.2, 0.25) is 0 Å². The van der Waals surface area contributed by atoms with E-state index in [2.05, 4.69) is 30.5 Å². The van der Waals surface area contributed by atoms with E-state index in [0.29, 0.717) is 13.0 Å². The molecule has 0 spiro atoms. The number of ether oxygens (including phenoxy) is 2. The maximum absolute atomic E-state index is 10.8. The topological polar surface area (TPSA) is 192 Å². The molecule has 1 saturated heterocycles. The molecule has 1 fully saturated rings. The number of benzene rings is 1. The Morgan fingerprint density at radius 3 is 2.71 bits per heavy atom. The van der Waals surface area contributed by atoms with Crippen LogP contribution in [0.3, 0.4) is 0 Å². The van der Waals surface area contributed by atoms with Crippen molar-refractivity contribution in [3.05, 3.63) is 48.0 Å². The smallest absolute Gasteiger partial charge is 0.320 e. The normalized spacial score (nSPS) is 23.1. The highest BCUT2D eigenvalue weighted by Crippen LogP contribution is 2.39. The molecule has 14 nitrogen and oxygen atoms in total. The van der Waals surface area contributed by atoms with Crippen LogP contribution < -0.4 is 10.5 Å². The number of aryl methyl sites for hydroxylation is 1. The molecule has 5 N–H and O–H groups in total. The van der Waals surface area contributed by atoms with Crippen LogP contribution in [0, 0.1) is 0 Å². The summed E-state index contributed by atoms with van der Waals surface area (Å²) in [5.74, 6) is 0.343. The molecule has 0 aliphatic carbocycles. The molecule has 5 rings (SSSR count). The van der Waals surface area contributed by atoms with Gasteiger partial charge in [0, 0.05) is 13.0 Å². The van der Waals surface area contributed by atoms with E-state index in [1.165, 1.54) is 15.6 Å². The summed E-state index contributed by atoms with van der Waals surface area (Å²) in [7, 11) is 0. The molecule has 14 heteroatoms. The summed E-state index contributed by atoms with van der Waals surface area (Å²) in [6.45, 7) is 2.04. The zero-order chi connectivity index (χ0) is 24.5. The summed E-state index contributed by atoms with van der Waals surface area (Å²) in [6, 6.07) is 9.49. The zero-order valence-corrected chi connectivity index (χ0v) is 18.8. The summed E-state index contributed by atoms with van der Waals surface area (Å²) in [5, 5.41) is 42.7. The number of tetrazole rings is 1. The molecule has 1 unspecified atom stereocenters. The molecule has 35 heavy (non-hydrogen) atoms. The second-order valence-corrected chi connectivity index (χ2v) is 8.11. The Morgan fingerprint density at radius 2 is 1.97 bits per heavy atom. The molecule has 0 radical (unpaired) electrons. The first-order chi connectivity index (χ1) is 17.0. The van der Waals surface area contributed by atoms with Crippen LogP contribution in [-0.2, 0) is 17.7 Å². The van der Waals surface area contributed by atoms with Crippen LogP contribution >= 0.6 is 0 Å². The number of nitrogens with two attached hydrogens (primary N) is 1. The monoisotopic (exact) mass is 483 g/mol. The van der Waals surface area contributed by atoms with Gasteiger partial charge < -0.3 is 30.5 Å². The molecule has 184 valence electrons. The molecule has 1 aromatic carbocycles. The van der Waals surface area contributed by atoms with Crippen molar-refractivity contribution in [2.75, 3.05) is 12.3 Å². The van der Waals surface area contributed by atoms with Gasteiger partial charge in [0.1, 0.15) is 24.4 Å². The van der Waals surface area contributed by atoms with Crippen LogP contribution in [0.15, 0.2) is 36.7 Å². The average molecular weight is 483 g/mol. The van der Waals surface area contributed by atoms with Crippen LogP contribution in [0.4, 0.5) is 5.82 Å². The van der Waals surface area contributed by atoms with E-state index in [9.17, 15) is 15.3 Å². The molecule has 4 aromatic rings. The standard InChI is InChI=1S/C21H25N9O5/c1-2-30-19(26-27-28-30)16-14(32)15(33)20(35-16)29-10-23-13-17(22)24-21(25-18(13)29)34-12(9-31)8-11-6-4-3-5-7-11/h3-7,10,12,14-16,20,31-33H,2,8-9H2,1H3,(H2,22,24,25)/t12-,14?,15-,16-,20+/m0/s1. The Balaban J connectivity index is 1.43. The maximum atomic E-state index is 10.8. The van der Waals surface area contributed by atoms with Gasteiger partial charge in [0.25, 0.3) is 0 Å². The second kappa shape index (κ2) is 9.50. The summed E-state index contributed by atoms with van der Waals surface area (Å²) in [5.41, 5.74) is 7.57. The number of nitrogen functional groups attached to an aromatic ring is 1. The fourth-order valence-corrected chi connectivity index (χ4v) is 4.07. The Morgan fingerprint density at radius 1 is 1.17 bits per heavy atom. The second-order valence-electron chi connectivity index (χ2n) is 8.11. The third-order valence-corrected chi connectivity index (χ3v) is 5.84. The fourth-order valence-electron chi connectivity index (χ4n) is 4.07. The first kappa shape index (κ1) is 23.0. The number of anilines is 1. The van der Waals surface area contributed by atoms with Crippen molar-refractivity contribution in [2.45, 2.75) is 50.5 Å². The molecule has 0 bridgehead atoms. The van der Waals surface area contributed by atoms with Gasteiger partial charge in [-0.25, -0.2) is 9.67 Å². The number of nitrogens with zero attached hydrogens (tertiary/aromatic N) is 8. The van der Waals surface area contributed by atoms with Crippen molar-refractivity contribution in [1.82, 2.24) is 39.7 Å². The van der Waals surface area contributed by atoms with Gasteiger partial charge in [0.15, 0.2) is 29.0 Å². The Hall–Kier alpha value is -3.72. The lowest BCUT2D eigenvalue weighted by Crippen LogP contribution is -2.29. The van der Waals surface area contributed by atoms with Crippen molar-refractivity contribution < 1.29 is 24.8 Å². The quantitative estimate of drug-likeness (QED) is 0.249. The van der Waals surface area contributed by atoms with Crippen LogP contribution in [0.1, 0.15) is 30.6 Å². The maximum Gasteiger partial charge on any atom is 0.320 e. The lowest BCUT2D eigenvalue weighted by molar-refractivity contribution is -0.0396. The third kappa shape index (κ3) is 4.27. The van der Waals surface area contributed by atoms with Gasteiger partial charge in [0.05, 0.1) is 12.9 Å². The molecule has 5 atom stereocenters. The number of aliphatic hydroxyl groups excluding tert-OH is 3. The first-order valence-electron chi connectivity index (χ1n) is 11.1. The number of rotatable bonds is 8. The summed E-state index contributed by atoms with van der Waals surface area (Å²) in [6.07, 6.45) is -3.44. The highest BCUT2D eigenvalue weighted by Gasteiger charge is 2.47. The summed E-state index contributed by atoms with van der Waals surface area (Å²) >= 11 is 0. The third-order valence-electron chi connectivity index (χ3n) is 5.84. The van der Waals surface area contributed by atoms with E-state index in [1.807, 2.05) is 37.3 Å². The van der Waals surface area contributed by atoms with Gasteiger partial charge in [-0.05, 0) is 22.9 Å². The predicted octanol–water partition coefficient (Wildman–Crippen LogP) is -0.611. The molecular formula is C21H25N9O5. The van der Waals surface area contributed by atoms with E-state index in [0.717, 1.165) is 5.56 Å². The Kier molecular flexibility index (Phi) is 6.25. The van der Waals surface area contributed by atoms with E-state index in [-0.39, 0.29) is 35.4 Å². The highest BCUT2D eigenvalue weighted by atomic mass is 16.6. The summed E-state index contributed by atoms with van der Waals surface area (Å²) in [4.78, 5) is 12.8. The number of fused-ring (bicyclic) bond motifs is 1. The first-order valence-corrected chi connectivity index (χ1v) is 11.1. The molecule has 4 heterocycles. The van der Waals surface area contributed by atoms with Gasteiger partial charge in [0.2, 0.25) is 0 Å². The lowest BCUT2D eigenvalue weighted by atomic mass is 10.1. The van der Waals surface area contributed by atoms with Crippen molar-refractivity contribution in [3.8, 4) is 6.01 Å². The Bertz CT molecular complexity index is 1300. The number of aliphatic hydroxyl groups is 3. The number of hydrogen-bond acceptors (Lipinski definition) is 12. The Labute approximate surface area is 199 Å². The van der Waals surface area contributed by atoms with E-state index < -0.39 is 30.6 Å². The molecule has 0 saturated carbocycles. The number of imidazole rings is 1. The molecule has 1 aliphatic heterocycles. The van der Waals surface area contributed by atoms with Crippen molar-refractivity contribution in [1.29, 1.82) is 0 Å². The predicted molar refractivity (Wildman–Crippen MR) is 120 cm³/mol. The molecular weight excluding hydrogens is 458 g/mol. The fraction of sp³-hybridized carbons (Fsp3) is 0.429. The number of aromatic nitrogens is 8. The van der Waals surface area contributed by atoms with Crippen molar-refractivity contribution in [3.63, 3.8) is 0 Å². The van der Waals surface area contributed by atoms with Gasteiger partial charge >= 0.3 is 6.01 Å².